The highest BCUT2D eigenvalue weighted by atomic mass is 16.3. The lowest BCUT2D eigenvalue weighted by Crippen LogP contribution is -1.80. The zero-order valence-corrected chi connectivity index (χ0v) is 6.57. The normalized spacial score (nSPS) is 9.92. The second-order valence-electron chi connectivity index (χ2n) is 2.36. The van der Waals surface area contributed by atoms with Crippen molar-refractivity contribution in [3.63, 3.8) is 0 Å². The summed E-state index contributed by atoms with van der Waals surface area (Å²) in [5.41, 5.74) is 0.837. The van der Waals surface area contributed by atoms with Gasteiger partial charge in [-0.15, -0.1) is 0 Å². The van der Waals surface area contributed by atoms with Crippen LogP contribution in [-0.4, -0.2) is 5.11 Å². The van der Waals surface area contributed by atoms with E-state index in [1.807, 2.05) is 18.2 Å². The monoisotopic (exact) mass is 159 g/mol. The minimum absolute atomic E-state index is 0.278. The summed E-state index contributed by atoms with van der Waals surface area (Å²) in [5, 5.41) is 17.5. The van der Waals surface area contributed by atoms with Gasteiger partial charge in [0.05, 0.1) is 6.07 Å². The van der Waals surface area contributed by atoms with Crippen LogP contribution in [0.3, 0.4) is 0 Å². The first-order valence-corrected chi connectivity index (χ1v) is 3.66. The van der Waals surface area contributed by atoms with Gasteiger partial charge in [-0.25, -0.2) is 0 Å². The Morgan fingerprint density at radius 1 is 1.42 bits per heavy atom. The lowest BCUT2D eigenvalue weighted by Gasteiger charge is -1.98. The average Bonchev–Trinajstić information content (AvgIpc) is 2.09. The largest absolute Gasteiger partial charge is 0.508 e. The maximum Gasteiger partial charge on any atom is 0.119 e. The molecule has 0 bridgehead atoms. The fourth-order valence-corrected chi connectivity index (χ4v) is 0.922. The molecule has 0 fully saturated rings. The van der Waals surface area contributed by atoms with Gasteiger partial charge in [0.2, 0.25) is 0 Å². The summed E-state index contributed by atoms with van der Waals surface area (Å²) >= 11 is 0. The molecule has 1 N–H and O–H groups in total. The van der Waals surface area contributed by atoms with E-state index < -0.39 is 0 Å². The Labute approximate surface area is 71.4 Å². The molecular weight excluding hydrogens is 150 g/mol. The van der Waals surface area contributed by atoms with Crippen LogP contribution in [0.25, 0.3) is 0 Å². The Kier molecular flexibility index (Phi) is 2.92. The van der Waals surface area contributed by atoms with Crippen molar-refractivity contribution in [2.24, 2.45) is 0 Å². The molecule has 0 heterocycles. The molecule has 0 saturated carbocycles. The molecule has 0 saturated heterocycles. The van der Waals surface area contributed by atoms with E-state index in [0.717, 1.165) is 5.56 Å². The van der Waals surface area contributed by atoms with E-state index in [4.69, 9.17) is 5.26 Å². The van der Waals surface area contributed by atoms with Gasteiger partial charge in [0.1, 0.15) is 5.75 Å². The molecule has 0 atom stereocenters. The fraction of sp³-hybridized carbons (Fsp3) is 0.100. The number of phenolic OH excluding ortho intramolecular Hbond substituents is 1. The highest BCUT2D eigenvalue weighted by molar-refractivity contribution is 5.33. The molecule has 1 rings (SSSR count). The second-order valence-corrected chi connectivity index (χ2v) is 2.36. The fourth-order valence-electron chi connectivity index (χ4n) is 0.922. The standard InChI is InChI=1S/C10H9NO/c11-8-4-3-6-9-5-1-2-7-10(9)12/h1-5,7,12H,6H2. The highest BCUT2D eigenvalue weighted by Gasteiger charge is 1.94. The van der Waals surface area contributed by atoms with Crippen LogP contribution >= 0.6 is 0 Å². The van der Waals surface area contributed by atoms with Gasteiger partial charge in [0, 0.05) is 6.08 Å². The highest BCUT2D eigenvalue weighted by Crippen LogP contribution is 2.15. The molecule has 12 heavy (non-hydrogen) atoms. The smallest absolute Gasteiger partial charge is 0.119 e. The topological polar surface area (TPSA) is 44.0 Å². The van der Waals surface area contributed by atoms with Crippen molar-refractivity contribution in [1.82, 2.24) is 0 Å². The van der Waals surface area contributed by atoms with E-state index in [9.17, 15) is 5.11 Å². The molecule has 0 aromatic heterocycles. The molecule has 1 aromatic rings. The lowest BCUT2D eigenvalue weighted by atomic mass is 10.1. The van der Waals surface area contributed by atoms with Crippen molar-refractivity contribution in [2.75, 3.05) is 0 Å². The van der Waals surface area contributed by atoms with Gasteiger partial charge in [-0.05, 0) is 18.1 Å². The Bertz CT molecular complexity index is 323. The van der Waals surface area contributed by atoms with Crippen LogP contribution < -0.4 is 0 Å². The van der Waals surface area contributed by atoms with Crippen LogP contribution in [-0.2, 0) is 6.42 Å². The summed E-state index contributed by atoms with van der Waals surface area (Å²) in [5.74, 6) is 0.278. The summed E-state index contributed by atoms with van der Waals surface area (Å²) in [4.78, 5) is 0. The van der Waals surface area contributed by atoms with Crippen LogP contribution in [0.1, 0.15) is 5.56 Å². The summed E-state index contributed by atoms with van der Waals surface area (Å²) in [6.07, 6.45) is 3.72. The molecule has 0 aliphatic rings. The molecule has 1 aromatic carbocycles. The predicted octanol–water partition coefficient (Wildman–Crippen LogP) is 2.01. The number of hydrogen-bond acceptors (Lipinski definition) is 2. The Balaban J connectivity index is 2.71. The number of aromatic hydroxyl groups is 1. The molecule has 0 aliphatic carbocycles. The molecule has 0 amide bonds. The van der Waals surface area contributed by atoms with E-state index in [-0.39, 0.29) is 5.75 Å². The third-order valence-electron chi connectivity index (χ3n) is 1.52. The predicted molar refractivity (Wildman–Crippen MR) is 46.6 cm³/mol. The number of nitrogens with zero attached hydrogens (tertiary/aromatic N) is 1. The summed E-state index contributed by atoms with van der Waals surface area (Å²) < 4.78 is 0. The molecular formula is C10H9NO. The second kappa shape index (κ2) is 4.20. The summed E-state index contributed by atoms with van der Waals surface area (Å²) in [6.45, 7) is 0. The quantitative estimate of drug-likeness (QED) is 0.671. The van der Waals surface area contributed by atoms with Gasteiger partial charge in [-0.3, -0.25) is 0 Å². The minimum Gasteiger partial charge on any atom is -0.508 e. The molecule has 60 valence electrons. The van der Waals surface area contributed by atoms with E-state index in [1.165, 1.54) is 6.08 Å². The average molecular weight is 159 g/mol. The van der Waals surface area contributed by atoms with Crippen molar-refractivity contribution in [2.45, 2.75) is 6.42 Å². The third kappa shape index (κ3) is 2.14. The van der Waals surface area contributed by atoms with E-state index >= 15 is 0 Å². The van der Waals surface area contributed by atoms with Crippen molar-refractivity contribution in [1.29, 1.82) is 5.26 Å². The Hall–Kier alpha value is -1.75. The van der Waals surface area contributed by atoms with Gasteiger partial charge >= 0.3 is 0 Å². The maximum atomic E-state index is 9.29. The zero-order valence-electron chi connectivity index (χ0n) is 6.57. The maximum absolute atomic E-state index is 9.29. The van der Waals surface area contributed by atoms with E-state index in [1.54, 1.807) is 18.2 Å². The zero-order chi connectivity index (χ0) is 8.81. The first-order chi connectivity index (χ1) is 5.84. The number of benzene rings is 1. The SMILES string of the molecule is N#CC=CCc1ccccc1O. The number of para-hydroxylation sites is 1. The van der Waals surface area contributed by atoms with Crippen LogP contribution in [0.15, 0.2) is 36.4 Å². The van der Waals surface area contributed by atoms with Crippen molar-refractivity contribution in [3.05, 3.63) is 42.0 Å². The van der Waals surface area contributed by atoms with Crippen LogP contribution in [0.5, 0.6) is 5.75 Å². The van der Waals surface area contributed by atoms with Gasteiger partial charge in [0.25, 0.3) is 0 Å². The van der Waals surface area contributed by atoms with Crippen LogP contribution in [0.2, 0.25) is 0 Å². The molecule has 0 radical (unpaired) electrons. The molecule has 2 heteroatoms. The number of rotatable bonds is 2. The minimum atomic E-state index is 0.278. The van der Waals surface area contributed by atoms with Crippen molar-refractivity contribution < 1.29 is 5.11 Å². The lowest BCUT2D eigenvalue weighted by molar-refractivity contribution is 0.470. The van der Waals surface area contributed by atoms with Crippen molar-refractivity contribution >= 4 is 0 Å². The molecule has 0 unspecified atom stereocenters. The van der Waals surface area contributed by atoms with Crippen LogP contribution in [0.4, 0.5) is 0 Å². The van der Waals surface area contributed by atoms with Crippen molar-refractivity contribution in [3.8, 4) is 11.8 Å². The van der Waals surface area contributed by atoms with Crippen LogP contribution in [0, 0.1) is 11.3 Å². The first-order valence-electron chi connectivity index (χ1n) is 3.66. The van der Waals surface area contributed by atoms with Gasteiger partial charge in [-0.2, -0.15) is 5.26 Å². The Morgan fingerprint density at radius 3 is 2.83 bits per heavy atom. The van der Waals surface area contributed by atoms with E-state index in [0.29, 0.717) is 6.42 Å². The summed E-state index contributed by atoms with van der Waals surface area (Å²) in [7, 11) is 0. The number of nitriles is 1. The summed E-state index contributed by atoms with van der Waals surface area (Å²) in [6, 6.07) is 8.99. The third-order valence-corrected chi connectivity index (χ3v) is 1.52. The molecule has 2 nitrogen and oxygen atoms in total. The van der Waals surface area contributed by atoms with Gasteiger partial charge in [0.15, 0.2) is 0 Å². The van der Waals surface area contributed by atoms with Gasteiger partial charge in [-0.1, -0.05) is 24.3 Å². The Morgan fingerprint density at radius 2 is 2.17 bits per heavy atom. The molecule has 0 aliphatic heterocycles. The number of phenols is 1. The number of allylic oxidation sites excluding steroid dienone is 2. The number of hydrogen-bond donors (Lipinski definition) is 1. The first kappa shape index (κ1) is 8.35. The van der Waals surface area contributed by atoms with Gasteiger partial charge < -0.3 is 5.11 Å². The molecule has 0 spiro atoms. The van der Waals surface area contributed by atoms with E-state index in [2.05, 4.69) is 0 Å².